The van der Waals surface area contributed by atoms with Crippen LogP contribution < -0.4 is 0 Å². The Balaban J connectivity index is 2.92. The van der Waals surface area contributed by atoms with Crippen molar-refractivity contribution >= 4 is 5.97 Å². The van der Waals surface area contributed by atoms with Gasteiger partial charge in [-0.1, -0.05) is 12.2 Å². The summed E-state index contributed by atoms with van der Waals surface area (Å²) in [5.41, 5.74) is -1.22. The third-order valence-corrected chi connectivity index (χ3v) is 1.69. The van der Waals surface area contributed by atoms with Crippen LogP contribution in [-0.4, -0.2) is 11.1 Å². The van der Waals surface area contributed by atoms with Gasteiger partial charge in [0.1, 0.15) is 0 Å². The van der Waals surface area contributed by atoms with Crippen LogP contribution in [0, 0.1) is 16.7 Å². The van der Waals surface area contributed by atoms with Crippen molar-refractivity contribution in [1.29, 1.82) is 5.26 Å². The average molecular weight is 137 g/mol. The van der Waals surface area contributed by atoms with E-state index in [1.165, 1.54) is 6.08 Å². The lowest BCUT2D eigenvalue weighted by molar-refractivity contribution is -0.143. The fraction of sp³-hybridized carbons (Fsp3) is 0.429. The normalized spacial score (nSPS) is 29.9. The van der Waals surface area contributed by atoms with Crippen molar-refractivity contribution in [2.45, 2.75) is 12.8 Å². The first-order valence-corrected chi connectivity index (χ1v) is 3.04. The number of carboxylic acid groups (broad SMARTS) is 1. The first-order valence-electron chi connectivity index (χ1n) is 3.04. The fourth-order valence-corrected chi connectivity index (χ4v) is 0.998. The minimum absolute atomic E-state index is 0.416. The summed E-state index contributed by atoms with van der Waals surface area (Å²) in [6.45, 7) is 0. The summed E-state index contributed by atoms with van der Waals surface area (Å²) in [5, 5.41) is 17.1. The maximum absolute atomic E-state index is 10.5. The molecule has 0 radical (unpaired) electrons. The van der Waals surface area contributed by atoms with Gasteiger partial charge in [0.05, 0.1) is 6.07 Å². The molecule has 0 saturated carbocycles. The zero-order valence-electron chi connectivity index (χ0n) is 5.37. The van der Waals surface area contributed by atoms with Crippen LogP contribution in [-0.2, 0) is 4.79 Å². The lowest BCUT2D eigenvalue weighted by Gasteiger charge is -2.10. The molecule has 1 rings (SSSR count). The van der Waals surface area contributed by atoms with E-state index in [0.717, 1.165) is 0 Å². The Kier molecular flexibility index (Phi) is 1.46. The highest BCUT2D eigenvalue weighted by Crippen LogP contribution is 2.30. The van der Waals surface area contributed by atoms with E-state index in [2.05, 4.69) is 0 Å². The van der Waals surface area contributed by atoms with Gasteiger partial charge < -0.3 is 5.11 Å². The van der Waals surface area contributed by atoms with E-state index < -0.39 is 11.4 Å². The molecule has 3 heteroatoms. The SMILES string of the molecule is N#CC1(C(=O)O)C=CCC1. The van der Waals surface area contributed by atoms with Crippen LogP contribution in [0.2, 0.25) is 0 Å². The van der Waals surface area contributed by atoms with Gasteiger partial charge in [0.15, 0.2) is 5.41 Å². The quantitative estimate of drug-likeness (QED) is 0.547. The molecule has 0 saturated heterocycles. The maximum atomic E-state index is 10.5. The topological polar surface area (TPSA) is 61.1 Å². The standard InChI is InChI=1S/C7H7NO2/c8-5-7(6(9)10)3-1-2-4-7/h1,3H,2,4H2,(H,9,10). The number of nitriles is 1. The van der Waals surface area contributed by atoms with E-state index in [1.54, 1.807) is 12.1 Å². The monoisotopic (exact) mass is 137 g/mol. The van der Waals surface area contributed by atoms with E-state index in [4.69, 9.17) is 10.4 Å². The number of hydrogen-bond acceptors (Lipinski definition) is 2. The third-order valence-electron chi connectivity index (χ3n) is 1.69. The zero-order valence-corrected chi connectivity index (χ0v) is 5.37. The highest BCUT2D eigenvalue weighted by molar-refractivity contribution is 5.81. The Bertz CT molecular complexity index is 226. The lowest BCUT2D eigenvalue weighted by atomic mass is 9.90. The molecule has 52 valence electrons. The molecule has 1 atom stereocenters. The van der Waals surface area contributed by atoms with Gasteiger partial charge in [-0.05, 0) is 12.8 Å². The molecule has 0 amide bonds. The van der Waals surface area contributed by atoms with E-state index in [0.29, 0.717) is 12.8 Å². The minimum atomic E-state index is -1.22. The zero-order chi connectivity index (χ0) is 7.61. The predicted octanol–water partition coefficient (Wildman–Crippen LogP) is 0.931. The number of rotatable bonds is 1. The van der Waals surface area contributed by atoms with Crippen molar-refractivity contribution in [2.24, 2.45) is 5.41 Å². The Morgan fingerprint density at radius 1 is 1.80 bits per heavy atom. The van der Waals surface area contributed by atoms with Crippen LogP contribution in [0.1, 0.15) is 12.8 Å². The van der Waals surface area contributed by atoms with Crippen molar-refractivity contribution in [1.82, 2.24) is 0 Å². The van der Waals surface area contributed by atoms with Gasteiger partial charge in [0.2, 0.25) is 0 Å². The van der Waals surface area contributed by atoms with Crippen LogP contribution in [0.5, 0.6) is 0 Å². The molecule has 10 heavy (non-hydrogen) atoms. The van der Waals surface area contributed by atoms with Gasteiger partial charge >= 0.3 is 5.97 Å². The van der Waals surface area contributed by atoms with Crippen molar-refractivity contribution in [3.8, 4) is 6.07 Å². The highest BCUT2D eigenvalue weighted by Gasteiger charge is 2.37. The van der Waals surface area contributed by atoms with Crippen molar-refractivity contribution in [2.75, 3.05) is 0 Å². The first kappa shape index (κ1) is 6.81. The van der Waals surface area contributed by atoms with Crippen LogP contribution in [0.25, 0.3) is 0 Å². The summed E-state index contributed by atoms with van der Waals surface area (Å²) in [4.78, 5) is 10.5. The Morgan fingerprint density at radius 2 is 2.50 bits per heavy atom. The summed E-state index contributed by atoms with van der Waals surface area (Å²) >= 11 is 0. The van der Waals surface area contributed by atoms with Gasteiger partial charge in [-0.3, -0.25) is 4.79 Å². The second-order valence-corrected chi connectivity index (χ2v) is 2.33. The van der Waals surface area contributed by atoms with Crippen molar-refractivity contribution < 1.29 is 9.90 Å². The molecule has 1 aliphatic carbocycles. The number of carboxylic acids is 1. The van der Waals surface area contributed by atoms with Gasteiger partial charge in [0, 0.05) is 0 Å². The summed E-state index contributed by atoms with van der Waals surface area (Å²) in [7, 11) is 0. The van der Waals surface area contributed by atoms with Crippen molar-refractivity contribution in [3.05, 3.63) is 12.2 Å². The van der Waals surface area contributed by atoms with Crippen molar-refractivity contribution in [3.63, 3.8) is 0 Å². The molecular weight excluding hydrogens is 130 g/mol. The molecule has 0 aromatic rings. The van der Waals surface area contributed by atoms with Crippen LogP contribution in [0.3, 0.4) is 0 Å². The summed E-state index contributed by atoms with van der Waals surface area (Å²) in [6.07, 6.45) is 4.31. The Hall–Kier alpha value is -1.30. The number of nitrogens with zero attached hydrogens (tertiary/aromatic N) is 1. The number of allylic oxidation sites excluding steroid dienone is 1. The number of carbonyl (C=O) groups is 1. The largest absolute Gasteiger partial charge is 0.480 e. The Morgan fingerprint density at radius 3 is 2.70 bits per heavy atom. The fourth-order valence-electron chi connectivity index (χ4n) is 0.998. The van der Waals surface area contributed by atoms with E-state index >= 15 is 0 Å². The van der Waals surface area contributed by atoms with Gasteiger partial charge in [-0.15, -0.1) is 0 Å². The molecule has 0 spiro atoms. The third kappa shape index (κ3) is 0.781. The molecule has 0 aromatic heterocycles. The van der Waals surface area contributed by atoms with Gasteiger partial charge in [0.25, 0.3) is 0 Å². The van der Waals surface area contributed by atoms with E-state index in [-0.39, 0.29) is 0 Å². The lowest BCUT2D eigenvalue weighted by Crippen LogP contribution is -2.24. The summed E-state index contributed by atoms with van der Waals surface area (Å²) in [6, 6.07) is 1.79. The van der Waals surface area contributed by atoms with E-state index in [1.807, 2.05) is 0 Å². The molecule has 1 aliphatic rings. The average Bonchev–Trinajstić information content (AvgIpc) is 2.35. The Labute approximate surface area is 58.6 Å². The second-order valence-electron chi connectivity index (χ2n) is 2.33. The highest BCUT2D eigenvalue weighted by atomic mass is 16.4. The number of aliphatic carboxylic acids is 1. The predicted molar refractivity (Wildman–Crippen MR) is 34.1 cm³/mol. The van der Waals surface area contributed by atoms with E-state index in [9.17, 15) is 4.79 Å². The molecule has 1 unspecified atom stereocenters. The molecule has 0 fully saturated rings. The van der Waals surface area contributed by atoms with Gasteiger partial charge in [-0.25, -0.2) is 0 Å². The van der Waals surface area contributed by atoms with Gasteiger partial charge in [-0.2, -0.15) is 5.26 Å². The first-order chi connectivity index (χ1) is 4.71. The molecule has 1 N–H and O–H groups in total. The smallest absolute Gasteiger partial charge is 0.328 e. The van der Waals surface area contributed by atoms with Crippen LogP contribution in [0.15, 0.2) is 12.2 Å². The molecule has 0 bridgehead atoms. The number of hydrogen-bond donors (Lipinski definition) is 1. The molecular formula is C7H7NO2. The molecule has 0 heterocycles. The molecule has 0 aromatic carbocycles. The minimum Gasteiger partial charge on any atom is -0.480 e. The maximum Gasteiger partial charge on any atom is 0.328 e. The van der Waals surface area contributed by atoms with Crippen LogP contribution >= 0.6 is 0 Å². The van der Waals surface area contributed by atoms with Crippen LogP contribution in [0.4, 0.5) is 0 Å². The summed E-state index contributed by atoms with van der Waals surface area (Å²) in [5.74, 6) is -1.04. The second kappa shape index (κ2) is 2.14. The molecule has 3 nitrogen and oxygen atoms in total. The molecule has 0 aliphatic heterocycles. The summed E-state index contributed by atoms with van der Waals surface area (Å²) < 4.78 is 0.